The summed E-state index contributed by atoms with van der Waals surface area (Å²) in [5, 5.41) is 0. The van der Waals surface area contributed by atoms with Gasteiger partial charge in [-0.2, -0.15) is 0 Å². The maximum Gasteiger partial charge on any atom is 0.0435 e. The summed E-state index contributed by atoms with van der Waals surface area (Å²) in [5.74, 6) is 0. The first-order valence-electron chi connectivity index (χ1n) is 5.19. The highest BCUT2D eigenvalue weighted by atomic mass is 79.9. The second kappa shape index (κ2) is 5.65. The van der Waals surface area contributed by atoms with Crippen molar-refractivity contribution in [2.24, 2.45) is 0 Å². The van der Waals surface area contributed by atoms with Crippen molar-refractivity contribution in [1.29, 1.82) is 0 Å². The van der Waals surface area contributed by atoms with Crippen molar-refractivity contribution in [1.82, 2.24) is 0 Å². The quantitative estimate of drug-likeness (QED) is 0.680. The van der Waals surface area contributed by atoms with Crippen molar-refractivity contribution < 1.29 is 0 Å². The number of hydrogen-bond donors (Lipinski definition) is 0. The fourth-order valence-corrected chi connectivity index (χ4v) is 2.78. The summed E-state index contributed by atoms with van der Waals surface area (Å²) in [6.45, 7) is 0. The molecule has 2 aromatic rings. The van der Waals surface area contributed by atoms with Gasteiger partial charge in [0, 0.05) is 9.30 Å². The average Bonchev–Trinajstić information content (AvgIpc) is 2.30. The van der Waals surface area contributed by atoms with Crippen LogP contribution in [0.2, 0.25) is 0 Å². The Morgan fingerprint density at radius 3 is 2.38 bits per heavy atom. The Balaban J connectivity index is 2.11. The molecule has 1 atom stereocenters. The lowest BCUT2D eigenvalue weighted by molar-refractivity contribution is 0.948. The van der Waals surface area contributed by atoms with Gasteiger partial charge in [-0.15, -0.1) is 0 Å². The fraction of sp³-hybridized carbons (Fsp3) is 0.143. The predicted octanol–water partition coefficient (Wildman–Crippen LogP) is 5.13. The van der Waals surface area contributed by atoms with Crippen molar-refractivity contribution in [3.63, 3.8) is 0 Å². The highest BCUT2D eigenvalue weighted by Crippen LogP contribution is 2.27. The molecule has 2 aromatic carbocycles. The topological polar surface area (TPSA) is 0 Å². The van der Waals surface area contributed by atoms with Crippen molar-refractivity contribution in [3.05, 3.63) is 70.2 Å². The van der Waals surface area contributed by atoms with E-state index < -0.39 is 0 Å². The summed E-state index contributed by atoms with van der Waals surface area (Å²) in [6, 6.07) is 18.9. The standard InChI is InChI=1S/C14H12Br2/c15-13-8-4-5-11(9-13)10-14(16)12-6-2-1-3-7-12/h1-9,14H,10H2. The molecule has 0 spiro atoms. The van der Waals surface area contributed by atoms with Gasteiger partial charge < -0.3 is 0 Å². The second-order valence-electron chi connectivity index (χ2n) is 3.71. The molecule has 2 heteroatoms. The molecule has 16 heavy (non-hydrogen) atoms. The lowest BCUT2D eigenvalue weighted by atomic mass is 10.0. The van der Waals surface area contributed by atoms with E-state index in [1.54, 1.807) is 0 Å². The molecule has 1 unspecified atom stereocenters. The van der Waals surface area contributed by atoms with Gasteiger partial charge in [0.25, 0.3) is 0 Å². The summed E-state index contributed by atoms with van der Waals surface area (Å²) in [4.78, 5) is 0.378. The van der Waals surface area contributed by atoms with Crippen LogP contribution in [0.25, 0.3) is 0 Å². The van der Waals surface area contributed by atoms with E-state index in [0.29, 0.717) is 4.83 Å². The van der Waals surface area contributed by atoms with Gasteiger partial charge >= 0.3 is 0 Å². The zero-order valence-electron chi connectivity index (χ0n) is 8.74. The summed E-state index contributed by atoms with van der Waals surface area (Å²) in [7, 11) is 0. The summed E-state index contributed by atoms with van der Waals surface area (Å²) < 4.78 is 1.14. The van der Waals surface area contributed by atoms with Crippen molar-refractivity contribution in [3.8, 4) is 0 Å². The summed E-state index contributed by atoms with van der Waals surface area (Å²) in [5.41, 5.74) is 2.66. The minimum Gasteiger partial charge on any atom is -0.0835 e. The third kappa shape index (κ3) is 3.19. The van der Waals surface area contributed by atoms with Crippen LogP contribution in [0.1, 0.15) is 16.0 Å². The Hall–Kier alpha value is -0.600. The predicted molar refractivity (Wildman–Crippen MR) is 76.0 cm³/mol. The van der Waals surface area contributed by atoms with Crippen LogP contribution in [0, 0.1) is 0 Å². The Morgan fingerprint density at radius 1 is 0.938 bits per heavy atom. The first-order chi connectivity index (χ1) is 7.75. The van der Waals surface area contributed by atoms with E-state index in [9.17, 15) is 0 Å². The molecule has 0 aliphatic heterocycles. The first kappa shape index (κ1) is 11.9. The van der Waals surface area contributed by atoms with Crippen LogP contribution < -0.4 is 0 Å². The van der Waals surface area contributed by atoms with Gasteiger partial charge in [0.2, 0.25) is 0 Å². The van der Waals surface area contributed by atoms with Crippen LogP contribution in [0.3, 0.4) is 0 Å². The number of rotatable bonds is 3. The number of alkyl halides is 1. The highest BCUT2D eigenvalue weighted by Gasteiger charge is 2.07. The van der Waals surface area contributed by atoms with Gasteiger partial charge in [-0.25, -0.2) is 0 Å². The van der Waals surface area contributed by atoms with Crippen molar-refractivity contribution in [2.75, 3.05) is 0 Å². The van der Waals surface area contributed by atoms with E-state index in [-0.39, 0.29) is 0 Å². The van der Waals surface area contributed by atoms with Gasteiger partial charge in [-0.1, -0.05) is 74.3 Å². The Morgan fingerprint density at radius 2 is 1.69 bits per heavy atom. The molecule has 0 aromatic heterocycles. The van der Waals surface area contributed by atoms with Crippen LogP contribution in [-0.4, -0.2) is 0 Å². The maximum absolute atomic E-state index is 3.73. The molecule has 0 bridgehead atoms. The summed E-state index contributed by atoms with van der Waals surface area (Å²) in [6.07, 6.45) is 1.00. The minimum absolute atomic E-state index is 0.378. The Kier molecular flexibility index (Phi) is 4.19. The molecule has 0 aliphatic carbocycles. The molecule has 0 amide bonds. The smallest absolute Gasteiger partial charge is 0.0435 e. The average molecular weight is 340 g/mol. The van der Waals surface area contributed by atoms with E-state index in [1.165, 1.54) is 11.1 Å². The van der Waals surface area contributed by atoms with Crippen LogP contribution in [-0.2, 0) is 6.42 Å². The molecule has 0 nitrogen and oxygen atoms in total. The molecule has 0 N–H and O–H groups in total. The van der Waals surface area contributed by atoms with Gasteiger partial charge in [0.05, 0.1) is 0 Å². The molecule has 0 radical (unpaired) electrons. The van der Waals surface area contributed by atoms with Gasteiger partial charge in [-0.3, -0.25) is 0 Å². The maximum atomic E-state index is 3.73. The molecule has 0 aliphatic rings. The molecule has 82 valence electrons. The monoisotopic (exact) mass is 338 g/mol. The lowest BCUT2D eigenvalue weighted by Gasteiger charge is -2.10. The van der Waals surface area contributed by atoms with Crippen LogP contribution in [0.5, 0.6) is 0 Å². The van der Waals surface area contributed by atoms with E-state index in [4.69, 9.17) is 0 Å². The van der Waals surface area contributed by atoms with E-state index in [0.717, 1.165) is 10.9 Å². The van der Waals surface area contributed by atoms with Crippen molar-refractivity contribution >= 4 is 31.9 Å². The Labute approximate surface area is 113 Å². The molecule has 0 saturated carbocycles. The third-order valence-electron chi connectivity index (χ3n) is 2.47. The van der Waals surface area contributed by atoms with E-state index in [2.05, 4.69) is 80.4 Å². The molecule has 0 saturated heterocycles. The number of hydrogen-bond acceptors (Lipinski definition) is 0. The van der Waals surface area contributed by atoms with Gasteiger partial charge in [0.15, 0.2) is 0 Å². The van der Waals surface area contributed by atoms with E-state index >= 15 is 0 Å². The van der Waals surface area contributed by atoms with Crippen LogP contribution in [0.4, 0.5) is 0 Å². The van der Waals surface area contributed by atoms with E-state index in [1.807, 2.05) is 6.07 Å². The number of benzene rings is 2. The van der Waals surface area contributed by atoms with Gasteiger partial charge in [0.1, 0.15) is 0 Å². The molecule has 0 heterocycles. The highest BCUT2D eigenvalue weighted by molar-refractivity contribution is 9.10. The summed E-state index contributed by atoms with van der Waals surface area (Å²) >= 11 is 7.22. The molecule has 2 rings (SSSR count). The third-order valence-corrected chi connectivity index (χ3v) is 3.81. The Bertz CT molecular complexity index is 451. The lowest BCUT2D eigenvalue weighted by Crippen LogP contribution is -1.94. The fourth-order valence-electron chi connectivity index (χ4n) is 1.65. The SMILES string of the molecule is Brc1cccc(CC(Br)c2ccccc2)c1. The normalized spacial score (nSPS) is 12.4. The zero-order valence-corrected chi connectivity index (χ0v) is 11.9. The second-order valence-corrected chi connectivity index (χ2v) is 5.73. The number of halogens is 2. The van der Waals surface area contributed by atoms with Crippen LogP contribution in [0.15, 0.2) is 59.1 Å². The largest absolute Gasteiger partial charge is 0.0835 e. The zero-order chi connectivity index (χ0) is 11.4. The molecular formula is C14H12Br2. The van der Waals surface area contributed by atoms with Crippen molar-refractivity contribution in [2.45, 2.75) is 11.2 Å². The first-order valence-corrected chi connectivity index (χ1v) is 6.90. The van der Waals surface area contributed by atoms with Gasteiger partial charge in [-0.05, 0) is 29.7 Å². The molecular weight excluding hydrogens is 328 g/mol. The minimum atomic E-state index is 0.378. The van der Waals surface area contributed by atoms with Crippen LogP contribution >= 0.6 is 31.9 Å². The molecule has 0 fully saturated rings.